The maximum atomic E-state index is 10.7. The molecule has 8 nitrogen and oxygen atoms in total. The standard InChI is InChI=1S/C17H26N4O4/c22-17(14-19-9-11-25-12-10-19)13-18-5-7-20(8-6-18)15-1-3-16(4-2-15)21(23)24/h1-4,17,22H,5-14H2. The molecule has 0 amide bonds. The molecule has 0 spiro atoms. The molecule has 2 heterocycles. The molecule has 0 bridgehead atoms. The van der Waals surface area contributed by atoms with Crippen molar-refractivity contribution >= 4 is 11.4 Å². The molecule has 0 saturated carbocycles. The highest BCUT2D eigenvalue weighted by molar-refractivity contribution is 5.51. The summed E-state index contributed by atoms with van der Waals surface area (Å²) in [5.41, 5.74) is 1.13. The molecule has 2 aliphatic rings. The summed E-state index contributed by atoms with van der Waals surface area (Å²) in [7, 11) is 0. The molecule has 25 heavy (non-hydrogen) atoms. The van der Waals surface area contributed by atoms with Crippen molar-refractivity contribution in [1.82, 2.24) is 9.80 Å². The summed E-state index contributed by atoms with van der Waals surface area (Å²) in [4.78, 5) is 17.1. The monoisotopic (exact) mass is 350 g/mol. The van der Waals surface area contributed by atoms with Crippen LogP contribution >= 0.6 is 0 Å². The Bertz CT molecular complexity index is 554. The lowest BCUT2D eigenvalue weighted by atomic mass is 10.2. The molecule has 3 rings (SSSR count). The van der Waals surface area contributed by atoms with Gasteiger partial charge < -0.3 is 14.7 Å². The van der Waals surface area contributed by atoms with E-state index in [4.69, 9.17) is 4.74 Å². The van der Waals surface area contributed by atoms with Crippen LogP contribution in [0.25, 0.3) is 0 Å². The van der Waals surface area contributed by atoms with Gasteiger partial charge in [0.1, 0.15) is 0 Å². The summed E-state index contributed by atoms with van der Waals surface area (Å²) < 4.78 is 5.33. The van der Waals surface area contributed by atoms with Gasteiger partial charge in [-0.1, -0.05) is 0 Å². The third kappa shape index (κ3) is 5.12. The first kappa shape index (κ1) is 18.1. The smallest absolute Gasteiger partial charge is 0.269 e. The molecule has 8 heteroatoms. The van der Waals surface area contributed by atoms with Crippen LogP contribution in [0.2, 0.25) is 0 Å². The average Bonchev–Trinajstić information content (AvgIpc) is 2.63. The maximum Gasteiger partial charge on any atom is 0.269 e. The van der Waals surface area contributed by atoms with Crippen LogP contribution in [-0.4, -0.2) is 91.5 Å². The number of non-ortho nitro benzene ring substituents is 1. The lowest BCUT2D eigenvalue weighted by Gasteiger charge is -2.37. The molecule has 0 radical (unpaired) electrons. The molecule has 1 aromatic carbocycles. The first-order chi connectivity index (χ1) is 12.1. The van der Waals surface area contributed by atoms with E-state index >= 15 is 0 Å². The number of aliphatic hydroxyl groups is 1. The van der Waals surface area contributed by atoms with E-state index in [2.05, 4.69) is 14.7 Å². The Morgan fingerprint density at radius 2 is 1.56 bits per heavy atom. The Morgan fingerprint density at radius 3 is 2.12 bits per heavy atom. The third-order valence-corrected chi connectivity index (χ3v) is 4.84. The lowest BCUT2D eigenvalue weighted by molar-refractivity contribution is -0.384. The van der Waals surface area contributed by atoms with Crippen LogP contribution in [0, 0.1) is 10.1 Å². The molecule has 2 aliphatic heterocycles. The first-order valence-corrected chi connectivity index (χ1v) is 8.82. The number of morpholine rings is 1. The fourth-order valence-corrected chi connectivity index (χ4v) is 3.41. The van der Waals surface area contributed by atoms with Crippen molar-refractivity contribution in [2.75, 3.05) is 70.5 Å². The second-order valence-corrected chi connectivity index (χ2v) is 6.63. The van der Waals surface area contributed by atoms with E-state index in [1.54, 1.807) is 24.3 Å². The van der Waals surface area contributed by atoms with Gasteiger partial charge in [0.15, 0.2) is 0 Å². The van der Waals surface area contributed by atoms with Gasteiger partial charge in [-0.2, -0.15) is 0 Å². The Balaban J connectivity index is 1.42. The van der Waals surface area contributed by atoms with Crippen LogP contribution in [0.15, 0.2) is 24.3 Å². The molecule has 138 valence electrons. The topological polar surface area (TPSA) is 82.3 Å². The number of β-amino-alcohol motifs (C(OH)–C–C–N with tert-alkyl or cyclic N) is 1. The Hall–Kier alpha value is -1.74. The van der Waals surface area contributed by atoms with Crippen molar-refractivity contribution in [3.63, 3.8) is 0 Å². The summed E-state index contributed by atoms with van der Waals surface area (Å²) >= 11 is 0. The van der Waals surface area contributed by atoms with Crippen molar-refractivity contribution < 1.29 is 14.8 Å². The number of nitro benzene ring substituents is 1. The zero-order valence-electron chi connectivity index (χ0n) is 14.4. The van der Waals surface area contributed by atoms with Crippen LogP contribution < -0.4 is 4.90 Å². The number of hydrogen-bond donors (Lipinski definition) is 1. The predicted octanol–water partition coefficient (Wildman–Crippen LogP) is 0.410. The lowest BCUT2D eigenvalue weighted by Crippen LogP contribution is -2.50. The number of rotatable bonds is 6. The second-order valence-electron chi connectivity index (χ2n) is 6.63. The average molecular weight is 350 g/mol. The minimum Gasteiger partial charge on any atom is -0.390 e. The van der Waals surface area contributed by atoms with Crippen LogP contribution in [0.1, 0.15) is 0 Å². The van der Waals surface area contributed by atoms with E-state index in [0.29, 0.717) is 13.1 Å². The van der Waals surface area contributed by atoms with Crippen molar-refractivity contribution in [1.29, 1.82) is 0 Å². The predicted molar refractivity (Wildman–Crippen MR) is 95.0 cm³/mol. The number of nitrogens with zero attached hydrogens (tertiary/aromatic N) is 4. The highest BCUT2D eigenvalue weighted by Gasteiger charge is 2.21. The quantitative estimate of drug-likeness (QED) is 0.588. The van der Waals surface area contributed by atoms with E-state index in [9.17, 15) is 15.2 Å². The molecular weight excluding hydrogens is 324 g/mol. The van der Waals surface area contributed by atoms with Gasteiger partial charge in [-0.15, -0.1) is 0 Å². The zero-order chi connectivity index (χ0) is 17.6. The normalized spacial score (nSPS) is 21.2. The minimum absolute atomic E-state index is 0.119. The summed E-state index contributed by atoms with van der Waals surface area (Å²) in [6, 6.07) is 6.71. The van der Waals surface area contributed by atoms with Crippen molar-refractivity contribution in [3.8, 4) is 0 Å². The highest BCUT2D eigenvalue weighted by atomic mass is 16.6. The molecular formula is C17H26N4O4. The van der Waals surface area contributed by atoms with Crippen molar-refractivity contribution in [2.45, 2.75) is 6.10 Å². The van der Waals surface area contributed by atoms with Crippen LogP contribution in [0.3, 0.4) is 0 Å². The van der Waals surface area contributed by atoms with Gasteiger partial charge in [-0.3, -0.25) is 19.9 Å². The van der Waals surface area contributed by atoms with E-state index in [0.717, 1.165) is 58.2 Å². The van der Waals surface area contributed by atoms with Gasteiger partial charge in [0, 0.05) is 70.2 Å². The van der Waals surface area contributed by atoms with Gasteiger partial charge in [0.05, 0.1) is 24.2 Å². The number of aliphatic hydroxyl groups excluding tert-OH is 1. The molecule has 2 fully saturated rings. The Kier molecular flexibility index (Phi) is 6.19. The molecule has 1 unspecified atom stereocenters. The van der Waals surface area contributed by atoms with Gasteiger partial charge in [0.25, 0.3) is 5.69 Å². The summed E-state index contributed by atoms with van der Waals surface area (Å²) in [6.45, 7) is 8.17. The van der Waals surface area contributed by atoms with Crippen molar-refractivity contribution in [2.24, 2.45) is 0 Å². The third-order valence-electron chi connectivity index (χ3n) is 4.84. The highest BCUT2D eigenvalue weighted by Crippen LogP contribution is 2.20. The number of benzene rings is 1. The Labute approximate surface area is 147 Å². The van der Waals surface area contributed by atoms with Crippen LogP contribution in [0.4, 0.5) is 11.4 Å². The zero-order valence-corrected chi connectivity index (χ0v) is 14.4. The van der Waals surface area contributed by atoms with Gasteiger partial charge >= 0.3 is 0 Å². The Morgan fingerprint density at radius 1 is 1.00 bits per heavy atom. The fraction of sp³-hybridized carbons (Fsp3) is 0.647. The van der Waals surface area contributed by atoms with E-state index in [1.165, 1.54) is 0 Å². The van der Waals surface area contributed by atoms with E-state index in [1.807, 2.05) is 0 Å². The van der Waals surface area contributed by atoms with Gasteiger partial charge in [-0.25, -0.2) is 0 Å². The molecule has 0 aliphatic carbocycles. The number of anilines is 1. The van der Waals surface area contributed by atoms with Crippen molar-refractivity contribution in [3.05, 3.63) is 34.4 Å². The fourth-order valence-electron chi connectivity index (χ4n) is 3.41. The van der Waals surface area contributed by atoms with Gasteiger partial charge in [0.2, 0.25) is 0 Å². The number of ether oxygens (including phenoxy) is 1. The number of nitro groups is 1. The number of hydrogen-bond acceptors (Lipinski definition) is 7. The first-order valence-electron chi connectivity index (χ1n) is 8.82. The molecule has 0 aromatic heterocycles. The largest absolute Gasteiger partial charge is 0.390 e. The molecule has 1 aromatic rings. The minimum atomic E-state index is -0.377. The SMILES string of the molecule is O=[N+]([O-])c1ccc(N2CCN(CC(O)CN3CCOCC3)CC2)cc1. The summed E-state index contributed by atoms with van der Waals surface area (Å²) in [6.07, 6.45) is -0.343. The van der Waals surface area contributed by atoms with Gasteiger partial charge in [-0.05, 0) is 12.1 Å². The summed E-state index contributed by atoms with van der Waals surface area (Å²) in [5, 5.41) is 21.0. The molecule has 1 atom stereocenters. The molecule has 1 N–H and O–H groups in total. The van der Waals surface area contributed by atoms with E-state index in [-0.39, 0.29) is 16.7 Å². The summed E-state index contributed by atoms with van der Waals surface area (Å²) in [5.74, 6) is 0. The second kappa shape index (κ2) is 8.57. The molecule has 2 saturated heterocycles. The van der Waals surface area contributed by atoms with E-state index < -0.39 is 0 Å². The van der Waals surface area contributed by atoms with Crippen LogP contribution in [0.5, 0.6) is 0 Å². The maximum absolute atomic E-state index is 10.7. The number of piperazine rings is 1. The van der Waals surface area contributed by atoms with Crippen LogP contribution in [-0.2, 0) is 4.74 Å².